The van der Waals surface area contributed by atoms with Crippen LogP contribution in [0.3, 0.4) is 0 Å². The van der Waals surface area contributed by atoms with Crippen LogP contribution in [0.4, 0.5) is 0 Å². The van der Waals surface area contributed by atoms with Crippen LogP contribution >= 0.6 is 23.4 Å². The molecule has 2 fully saturated rings. The van der Waals surface area contributed by atoms with E-state index >= 15 is 0 Å². The smallest absolute Gasteiger partial charge is 0.254 e. The van der Waals surface area contributed by atoms with Crippen LogP contribution < -0.4 is 4.74 Å². The Morgan fingerprint density at radius 2 is 2.21 bits per heavy atom. The third-order valence-electron chi connectivity index (χ3n) is 4.43. The van der Waals surface area contributed by atoms with Crippen molar-refractivity contribution in [2.45, 2.75) is 17.3 Å². The van der Waals surface area contributed by atoms with Crippen molar-refractivity contribution in [1.82, 2.24) is 9.88 Å². The zero-order valence-electron chi connectivity index (χ0n) is 13.0. The first kappa shape index (κ1) is 15.8. The molecule has 1 amide bonds. The molecule has 4 nitrogen and oxygen atoms in total. The summed E-state index contributed by atoms with van der Waals surface area (Å²) in [6, 6.07) is 10.9. The average molecular weight is 361 g/mol. The SMILES string of the molecule is O=C(c1cccc(Cl)c1)N1CC2(C[C@H](Oc3cccnc3)CS2)C1. The second-order valence-corrected chi connectivity index (χ2v) is 8.22. The van der Waals surface area contributed by atoms with E-state index in [-0.39, 0.29) is 16.8 Å². The molecule has 2 aliphatic heterocycles. The monoisotopic (exact) mass is 360 g/mol. The van der Waals surface area contributed by atoms with E-state index in [1.165, 1.54) is 0 Å². The molecule has 24 heavy (non-hydrogen) atoms. The first-order valence-corrected chi connectivity index (χ1v) is 9.25. The summed E-state index contributed by atoms with van der Waals surface area (Å²) in [6.45, 7) is 1.55. The lowest BCUT2D eigenvalue weighted by atomic mass is 9.92. The van der Waals surface area contributed by atoms with Gasteiger partial charge < -0.3 is 9.64 Å². The van der Waals surface area contributed by atoms with Gasteiger partial charge in [-0.2, -0.15) is 0 Å². The molecule has 0 N–H and O–H groups in total. The Balaban J connectivity index is 1.34. The number of ether oxygens (including phenoxy) is 1. The molecule has 2 saturated heterocycles. The molecule has 1 atom stereocenters. The van der Waals surface area contributed by atoms with Gasteiger partial charge in [0.15, 0.2) is 0 Å². The van der Waals surface area contributed by atoms with Crippen molar-refractivity contribution in [3.05, 3.63) is 59.4 Å². The molecule has 0 saturated carbocycles. The van der Waals surface area contributed by atoms with Gasteiger partial charge in [0.25, 0.3) is 5.91 Å². The molecular weight excluding hydrogens is 344 g/mol. The summed E-state index contributed by atoms with van der Waals surface area (Å²) >= 11 is 7.89. The van der Waals surface area contributed by atoms with Crippen LogP contribution in [-0.2, 0) is 0 Å². The molecule has 2 aliphatic rings. The summed E-state index contributed by atoms with van der Waals surface area (Å²) in [5.41, 5.74) is 0.656. The van der Waals surface area contributed by atoms with E-state index in [9.17, 15) is 4.79 Å². The second-order valence-electron chi connectivity index (χ2n) is 6.30. The van der Waals surface area contributed by atoms with Gasteiger partial charge >= 0.3 is 0 Å². The van der Waals surface area contributed by atoms with Crippen molar-refractivity contribution >= 4 is 29.3 Å². The minimum atomic E-state index is 0.0559. The van der Waals surface area contributed by atoms with Gasteiger partial charge in [-0.15, -0.1) is 11.8 Å². The number of pyridine rings is 1. The van der Waals surface area contributed by atoms with Gasteiger partial charge in [-0.05, 0) is 30.3 Å². The van der Waals surface area contributed by atoms with Crippen molar-refractivity contribution in [3.8, 4) is 5.75 Å². The summed E-state index contributed by atoms with van der Waals surface area (Å²) in [7, 11) is 0. The van der Waals surface area contributed by atoms with Crippen LogP contribution in [0.15, 0.2) is 48.8 Å². The normalized spacial score (nSPS) is 21.5. The zero-order valence-corrected chi connectivity index (χ0v) is 14.6. The third kappa shape index (κ3) is 3.10. The number of halogens is 1. The number of hydrogen-bond donors (Lipinski definition) is 0. The van der Waals surface area contributed by atoms with Gasteiger partial charge in [0.05, 0.1) is 10.9 Å². The average Bonchev–Trinajstić information content (AvgIpc) is 2.98. The van der Waals surface area contributed by atoms with Crippen LogP contribution in [0.2, 0.25) is 5.02 Å². The molecule has 6 heteroatoms. The lowest BCUT2D eigenvalue weighted by Crippen LogP contribution is -2.60. The van der Waals surface area contributed by atoms with Crippen LogP contribution in [0.1, 0.15) is 16.8 Å². The Hall–Kier alpha value is -1.72. The molecule has 0 radical (unpaired) electrons. The standard InChI is InChI=1S/C18H17ClN2O2S/c19-14-4-1-3-13(7-14)17(22)21-11-18(12-21)8-16(10-24-18)23-15-5-2-6-20-9-15/h1-7,9,16H,8,10-12H2/t16-/m0/s1. The van der Waals surface area contributed by atoms with Crippen LogP contribution in [0, 0.1) is 0 Å². The molecule has 1 spiro atoms. The molecule has 124 valence electrons. The Labute approximate surface area is 150 Å². The van der Waals surface area contributed by atoms with E-state index < -0.39 is 0 Å². The van der Waals surface area contributed by atoms with Gasteiger partial charge in [-0.3, -0.25) is 9.78 Å². The van der Waals surface area contributed by atoms with Gasteiger partial charge in [0.2, 0.25) is 0 Å². The van der Waals surface area contributed by atoms with Crippen molar-refractivity contribution in [1.29, 1.82) is 0 Å². The number of thioether (sulfide) groups is 1. The fourth-order valence-corrected chi connectivity index (χ4v) is 5.02. The molecule has 0 bridgehead atoms. The summed E-state index contributed by atoms with van der Waals surface area (Å²) < 4.78 is 6.14. The fraction of sp³-hybridized carbons (Fsp3) is 0.333. The number of amides is 1. The molecule has 0 unspecified atom stereocenters. The highest BCUT2D eigenvalue weighted by Gasteiger charge is 2.51. The number of likely N-dealkylation sites (tertiary alicyclic amines) is 1. The predicted molar refractivity (Wildman–Crippen MR) is 95.8 cm³/mol. The summed E-state index contributed by atoms with van der Waals surface area (Å²) in [5.74, 6) is 1.82. The largest absolute Gasteiger partial charge is 0.488 e. The van der Waals surface area contributed by atoms with E-state index in [2.05, 4.69) is 4.98 Å². The second kappa shape index (κ2) is 6.30. The van der Waals surface area contributed by atoms with Gasteiger partial charge in [-0.1, -0.05) is 17.7 Å². The first-order valence-electron chi connectivity index (χ1n) is 7.89. The van der Waals surface area contributed by atoms with Crippen LogP contribution in [-0.4, -0.2) is 45.5 Å². The third-order valence-corrected chi connectivity index (χ3v) is 6.24. The molecular formula is C18H17ClN2O2S. The maximum Gasteiger partial charge on any atom is 0.254 e. The molecule has 4 rings (SSSR count). The minimum absolute atomic E-state index is 0.0559. The highest BCUT2D eigenvalue weighted by atomic mass is 35.5. The summed E-state index contributed by atoms with van der Waals surface area (Å²) in [6.07, 6.45) is 4.63. The summed E-state index contributed by atoms with van der Waals surface area (Å²) in [5, 5.41) is 0.594. The Morgan fingerprint density at radius 3 is 2.96 bits per heavy atom. The maximum atomic E-state index is 12.5. The fourth-order valence-electron chi connectivity index (χ4n) is 3.30. The number of nitrogens with zero attached hydrogens (tertiary/aromatic N) is 2. The number of rotatable bonds is 3. The van der Waals surface area contributed by atoms with E-state index in [1.54, 1.807) is 24.5 Å². The molecule has 0 aliphatic carbocycles. The van der Waals surface area contributed by atoms with Crippen LogP contribution in [0.25, 0.3) is 0 Å². The predicted octanol–water partition coefficient (Wildman–Crippen LogP) is 3.51. The van der Waals surface area contributed by atoms with Gasteiger partial charge in [0.1, 0.15) is 11.9 Å². The first-order chi connectivity index (χ1) is 11.6. The van der Waals surface area contributed by atoms with Crippen molar-refractivity contribution in [3.63, 3.8) is 0 Å². The lowest BCUT2D eigenvalue weighted by Gasteiger charge is -2.47. The quantitative estimate of drug-likeness (QED) is 0.840. The van der Waals surface area contributed by atoms with E-state index in [4.69, 9.17) is 16.3 Å². The van der Waals surface area contributed by atoms with Crippen molar-refractivity contribution in [2.75, 3.05) is 18.8 Å². The van der Waals surface area contributed by atoms with E-state index in [1.807, 2.05) is 40.9 Å². The Morgan fingerprint density at radius 1 is 1.33 bits per heavy atom. The Kier molecular flexibility index (Phi) is 4.14. The van der Waals surface area contributed by atoms with Gasteiger partial charge in [0, 0.05) is 42.0 Å². The minimum Gasteiger partial charge on any atom is -0.488 e. The molecule has 1 aromatic carbocycles. The van der Waals surface area contributed by atoms with E-state index in [0.717, 1.165) is 31.0 Å². The highest BCUT2D eigenvalue weighted by molar-refractivity contribution is 8.01. The number of carbonyl (C=O) groups is 1. The van der Waals surface area contributed by atoms with Crippen molar-refractivity contribution < 1.29 is 9.53 Å². The molecule has 3 heterocycles. The van der Waals surface area contributed by atoms with Crippen LogP contribution in [0.5, 0.6) is 5.75 Å². The number of hydrogen-bond acceptors (Lipinski definition) is 4. The lowest BCUT2D eigenvalue weighted by molar-refractivity contribution is 0.0518. The maximum absolute atomic E-state index is 12.5. The topological polar surface area (TPSA) is 42.4 Å². The van der Waals surface area contributed by atoms with E-state index in [0.29, 0.717) is 10.6 Å². The van der Waals surface area contributed by atoms with Gasteiger partial charge in [-0.25, -0.2) is 0 Å². The number of carbonyl (C=O) groups excluding carboxylic acids is 1. The number of benzene rings is 1. The highest BCUT2D eigenvalue weighted by Crippen LogP contribution is 2.46. The van der Waals surface area contributed by atoms with Crippen molar-refractivity contribution in [2.24, 2.45) is 0 Å². The molecule has 2 aromatic rings. The summed E-state index contributed by atoms with van der Waals surface area (Å²) in [4.78, 5) is 18.5. The molecule has 1 aromatic heterocycles. The number of aromatic nitrogens is 1. The Bertz CT molecular complexity index is 750. The zero-order chi connectivity index (χ0) is 16.6.